The molecule has 3 heteroatoms. The molecule has 0 aliphatic carbocycles. The van der Waals surface area contributed by atoms with Crippen LogP contribution in [0.15, 0.2) is 54.7 Å². The summed E-state index contributed by atoms with van der Waals surface area (Å²) in [5, 5.41) is 2.66. The second kappa shape index (κ2) is 9.93. The van der Waals surface area contributed by atoms with Gasteiger partial charge in [-0.3, -0.25) is 9.88 Å². The Hall–Kier alpha value is -2.23. The highest BCUT2D eigenvalue weighted by Gasteiger charge is 2.20. The van der Waals surface area contributed by atoms with Crippen molar-refractivity contribution in [3.8, 4) is 0 Å². The number of nitrogens with zero attached hydrogens (tertiary/aromatic N) is 3. The van der Waals surface area contributed by atoms with Crippen molar-refractivity contribution >= 4 is 10.8 Å². The topological polar surface area (TPSA) is 19.4 Å². The lowest BCUT2D eigenvalue weighted by atomic mass is 9.95. The van der Waals surface area contributed by atoms with Gasteiger partial charge in [0.15, 0.2) is 0 Å². The van der Waals surface area contributed by atoms with Crippen LogP contribution in [0.3, 0.4) is 0 Å². The number of hydrogen-bond donors (Lipinski definition) is 0. The Labute approximate surface area is 187 Å². The predicted octanol–water partition coefficient (Wildman–Crippen LogP) is 5.25. The molecule has 0 spiro atoms. The zero-order chi connectivity index (χ0) is 20.9. The number of aryl methyl sites for hydroxylation is 2. The quantitative estimate of drug-likeness (QED) is 0.550. The molecule has 0 radical (unpaired) electrons. The molecule has 0 N–H and O–H groups in total. The zero-order valence-electron chi connectivity index (χ0n) is 18.7. The second-order valence-electron chi connectivity index (χ2n) is 9.36. The monoisotopic (exact) mass is 413 g/mol. The average Bonchev–Trinajstić information content (AvgIpc) is 3.10. The Kier molecular flexibility index (Phi) is 6.62. The van der Waals surface area contributed by atoms with Gasteiger partial charge in [0.1, 0.15) is 0 Å². The van der Waals surface area contributed by atoms with E-state index in [1.165, 1.54) is 91.6 Å². The van der Waals surface area contributed by atoms with Crippen LogP contribution < -0.4 is 0 Å². The Morgan fingerprint density at radius 1 is 0.742 bits per heavy atom. The molecule has 0 saturated carbocycles. The Morgan fingerprint density at radius 2 is 1.55 bits per heavy atom. The molecule has 0 atom stereocenters. The maximum absolute atomic E-state index is 4.80. The first-order valence-corrected chi connectivity index (χ1v) is 12.2. The number of likely N-dealkylation sites (tertiary alicyclic amines) is 1. The van der Waals surface area contributed by atoms with E-state index < -0.39 is 0 Å². The smallest absolute Gasteiger partial charge is 0.0442 e. The first-order chi connectivity index (χ1) is 15.3. The van der Waals surface area contributed by atoms with Crippen LogP contribution in [-0.2, 0) is 25.8 Å². The van der Waals surface area contributed by atoms with Gasteiger partial charge in [-0.15, -0.1) is 0 Å². The molecule has 2 aliphatic heterocycles. The normalized spacial score (nSPS) is 18.1. The molecule has 3 aromatic rings. The Bertz CT molecular complexity index is 1000. The molecular formula is C28H35N3. The van der Waals surface area contributed by atoms with Gasteiger partial charge in [0, 0.05) is 38.1 Å². The number of benzene rings is 2. The van der Waals surface area contributed by atoms with Crippen molar-refractivity contribution in [2.45, 2.75) is 51.5 Å². The van der Waals surface area contributed by atoms with Crippen LogP contribution in [0.25, 0.3) is 10.8 Å². The van der Waals surface area contributed by atoms with Crippen LogP contribution >= 0.6 is 0 Å². The van der Waals surface area contributed by atoms with Gasteiger partial charge in [0.25, 0.3) is 0 Å². The number of pyridine rings is 1. The minimum atomic E-state index is 1.04. The summed E-state index contributed by atoms with van der Waals surface area (Å²) in [6, 6.07) is 17.8. The third kappa shape index (κ3) is 5.16. The van der Waals surface area contributed by atoms with Crippen LogP contribution in [0.2, 0.25) is 0 Å². The van der Waals surface area contributed by atoms with Crippen molar-refractivity contribution < 1.29 is 0 Å². The summed E-state index contributed by atoms with van der Waals surface area (Å²) in [4.78, 5) is 10.1. The highest BCUT2D eigenvalue weighted by atomic mass is 15.2. The molecular weight excluding hydrogens is 378 g/mol. The summed E-state index contributed by atoms with van der Waals surface area (Å²) >= 11 is 0. The lowest BCUT2D eigenvalue weighted by Crippen LogP contribution is -2.38. The molecule has 2 aliphatic rings. The summed E-state index contributed by atoms with van der Waals surface area (Å²) in [6.45, 7) is 7.30. The number of aromatic nitrogens is 1. The van der Waals surface area contributed by atoms with E-state index in [4.69, 9.17) is 4.98 Å². The molecule has 31 heavy (non-hydrogen) atoms. The van der Waals surface area contributed by atoms with Crippen molar-refractivity contribution in [2.75, 3.05) is 32.7 Å². The first-order valence-electron chi connectivity index (χ1n) is 12.2. The van der Waals surface area contributed by atoms with Crippen LogP contribution in [0.1, 0.15) is 48.1 Å². The van der Waals surface area contributed by atoms with Gasteiger partial charge in [0.05, 0.1) is 0 Å². The summed E-state index contributed by atoms with van der Waals surface area (Å²) in [5.74, 6) is 0. The van der Waals surface area contributed by atoms with Crippen molar-refractivity contribution in [1.29, 1.82) is 0 Å². The van der Waals surface area contributed by atoms with Crippen LogP contribution in [0, 0.1) is 0 Å². The molecule has 1 fully saturated rings. The van der Waals surface area contributed by atoms with E-state index in [9.17, 15) is 0 Å². The molecule has 0 amide bonds. The predicted molar refractivity (Wildman–Crippen MR) is 129 cm³/mol. The van der Waals surface area contributed by atoms with E-state index in [-0.39, 0.29) is 0 Å². The van der Waals surface area contributed by atoms with Gasteiger partial charge in [-0.2, -0.15) is 0 Å². The second-order valence-corrected chi connectivity index (χ2v) is 9.36. The van der Waals surface area contributed by atoms with E-state index in [0.717, 1.165) is 25.8 Å². The van der Waals surface area contributed by atoms with E-state index >= 15 is 0 Å². The van der Waals surface area contributed by atoms with E-state index in [1.54, 1.807) is 0 Å². The fraction of sp³-hybridized carbons (Fsp3) is 0.464. The van der Waals surface area contributed by atoms with E-state index in [1.807, 2.05) is 6.20 Å². The Balaban J connectivity index is 1.20. The van der Waals surface area contributed by atoms with Gasteiger partial charge < -0.3 is 4.90 Å². The van der Waals surface area contributed by atoms with Crippen LogP contribution in [-0.4, -0.2) is 47.5 Å². The Morgan fingerprint density at radius 3 is 2.42 bits per heavy atom. The van der Waals surface area contributed by atoms with Gasteiger partial charge in [-0.05, 0) is 78.7 Å². The van der Waals surface area contributed by atoms with Crippen molar-refractivity contribution in [2.24, 2.45) is 0 Å². The fourth-order valence-corrected chi connectivity index (χ4v) is 5.33. The molecule has 5 rings (SSSR count). The standard InChI is InChI=1S/C28H35N3/c1-2-6-17-30(16-5-1)19-20-31-18-14-27-26(22-31)13-15-29-28(27)12-10-23-9-11-24-7-3-4-8-25(24)21-23/h3-4,7-9,11,13,15,21H,1-2,5-6,10,12,14,16-20,22H2. The maximum Gasteiger partial charge on any atom is 0.0442 e. The summed E-state index contributed by atoms with van der Waals surface area (Å²) in [7, 11) is 0. The van der Waals surface area contributed by atoms with E-state index in [2.05, 4.69) is 58.3 Å². The van der Waals surface area contributed by atoms with Crippen molar-refractivity contribution in [3.05, 3.63) is 77.1 Å². The van der Waals surface area contributed by atoms with E-state index in [0.29, 0.717) is 0 Å². The number of hydrogen-bond acceptors (Lipinski definition) is 3. The average molecular weight is 414 g/mol. The number of fused-ring (bicyclic) bond motifs is 2. The largest absolute Gasteiger partial charge is 0.302 e. The molecule has 1 aromatic heterocycles. The molecule has 3 nitrogen and oxygen atoms in total. The molecule has 1 saturated heterocycles. The molecule has 2 aromatic carbocycles. The van der Waals surface area contributed by atoms with Crippen LogP contribution in [0.5, 0.6) is 0 Å². The van der Waals surface area contributed by atoms with Gasteiger partial charge in [0.2, 0.25) is 0 Å². The maximum atomic E-state index is 4.80. The van der Waals surface area contributed by atoms with Crippen molar-refractivity contribution in [3.63, 3.8) is 0 Å². The zero-order valence-corrected chi connectivity index (χ0v) is 18.7. The third-order valence-corrected chi connectivity index (χ3v) is 7.21. The lowest BCUT2D eigenvalue weighted by Gasteiger charge is -2.31. The summed E-state index contributed by atoms with van der Waals surface area (Å²) in [6.07, 6.45) is 10.9. The highest BCUT2D eigenvalue weighted by molar-refractivity contribution is 5.82. The molecule has 162 valence electrons. The van der Waals surface area contributed by atoms with Crippen molar-refractivity contribution in [1.82, 2.24) is 14.8 Å². The SMILES string of the molecule is c1ccc2cc(CCc3nccc4c3CCN(CCN3CCCCCC3)C4)ccc2c1. The fourth-order valence-electron chi connectivity index (χ4n) is 5.33. The molecule has 0 unspecified atom stereocenters. The summed E-state index contributed by atoms with van der Waals surface area (Å²) < 4.78 is 0. The number of rotatable bonds is 6. The van der Waals surface area contributed by atoms with Gasteiger partial charge in [-0.25, -0.2) is 0 Å². The minimum absolute atomic E-state index is 1.04. The lowest BCUT2D eigenvalue weighted by molar-refractivity contribution is 0.195. The van der Waals surface area contributed by atoms with Crippen LogP contribution in [0.4, 0.5) is 0 Å². The summed E-state index contributed by atoms with van der Waals surface area (Å²) in [5.41, 5.74) is 5.76. The highest BCUT2D eigenvalue weighted by Crippen LogP contribution is 2.23. The third-order valence-electron chi connectivity index (χ3n) is 7.21. The van der Waals surface area contributed by atoms with Gasteiger partial charge >= 0.3 is 0 Å². The molecule has 0 bridgehead atoms. The first kappa shape index (κ1) is 20.7. The van der Waals surface area contributed by atoms with Gasteiger partial charge in [-0.1, -0.05) is 55.3 Å². The molecule has 3 heterocycles. The minimum Gasteiger partial charge on any atom is -0.302 e.